The monoisotopic (exact) mass is 334 g/mol. The predicted molar refractivity (Wildman–Crippen MR) is 96.2 cm³/mol. The number of fused-ring (bicyclic) bond motifs is 1. The highest BCUT2D eigenvalue weighted by molar-refractivity contribution is 5.80. The van der Waals surface area contributed by atoms with Crippen molar-refractivity contribution in [3.63, 3.8) is 0 Å². The van der Waals surface area contributed by atoms with Crippen LogP contribution >= 0.6 is 0 Å². The number of nitrogens with zero attached hydrogens (tertiary/aromatic N) is 5. The van der Waals surface area contributed by atoms with Crippen LogP contribution in [0.2, 0.25) is 0 Å². The molecule has 7 heteroatoms. The van der Waals surface area contributed by atoms with E-state index in [0.717, 1.165) is 27.8 Å². The summed E-state index contributed by atoms with van der Waals surface area (Å²) in [7, 11) is 1.86. The minimum Gasteiger partial charge on any atom is -0.387 e. The summed E-state index contributed by atoms with van der Waals surface area (Å²) in [6.07, 6.45) is 0. The van der Waals surface area contributed by atoms with Crippen LogP contribution in [0.5, 0.6) is 0 Å². The van der Waals surface area contributed by atoms with E-state index in [0.29, 0.717) is 11.7 Å². The fraction of sp³-hybridized carbons (Fsp3) is 0.222. The van der Waals surface area contributed by atoms with Crippen LogP contribution in [0.25, 0.3) is 33.9 Å². The van der Waals surface area contributed by atoms with Crippen LogP contribution in [-0.4, -0.2) is 32.2 Å². The number of rotatable bonds is 4. The van der Waals surface area contributed by atoms with E-state index in [2.05, 4.69) is 39.6 Å². The number of anilines is 1. The molecule has 2 heterocycles. The summed E-state index contributed by atoms with van der Waals surface area (Å²) >= 11 is 0. The van der Waals surface area contributed by atoms with E-state index in [1.165, 1.54) is 0 Å². The van der Waals surface area contributed by atoms with Crippen molar-refractivity contribution in [3.8, 4) is 22.8 Å². The summed E-state index contributed by atoms with van der Waals surface area (Å²) in [5, 5.41) is 15.7. The maximum atomic E-state index is 5.46. The van der Waals surface area contributed by atoms with E-state index < -0.39 is 0 Å². The van der Waals surface area contributed by atoms with Gasteiger partial charge in [-0.15, -0.1) is 5.10 Å². The smallest absolute Gasteiger partial charge is 0.260 e. The van der Waals surface area contributed by atoms with E-state index in [-0.39, 0.29) is 6.04 Å². The SMILES string of the molecule is CNc1ccccc1-c1nc(-c2ccc3c(c2)nnn3C(C)C)no1. The molecular weight excluding hydrogens is 316 g/mol. The second-order valence-electron chi connectivity index (χ2n) is 6.05. The van der Waals surface area contributed by atoms with Gasteiger partial charge in [-0.25, -0.2) is 4.68 Å². The standard InChI is InChI=1S/C18H18N6O/c1-11(2)24-16-9-8-12(10-15(16)21-23-24)17-20-18(25-22-17)13-6-4-5-7-14(13)19-3/h4-11,19H,1-3H3. The third-order valence-electron chi connectivity index (χ3n) is 4.07. The van der Waals surface area contributed by atoms with Crippen molar-refractivity contribution < 1.29 is 4.52 Å². The summed E-state index contributed by atoms with van der Waals surface area (Å²) in [6.45, 7) is 4.15. The van der Waals surface area contributed by atoms with Crippen molar-refractivity contribution in [2.75, 3.05) is 12.4 Å². The number of para-hydroxylation sites is 1. The van der Waals surface area contributed by atoms with Gasteiger partial charge in [-0.1, -0.05) is 22.5 Å². The fourth-order valence-corrected chi connectivity index (χ4v) is 2.80. The Kier molecular flexibility index (Phi) is 3.68. The molecule has 1 N–H and O–H groups in total. The van der Waals surface area contributed by atoms with Gasteiger partial charge >= 0.3 is 0 Å². The van der Waals surface area contributed by atoms with Gasteiger partial charge in [-0.05, 0) is 44.2 Å². The first kappa shape index (κ1) is 15.3. The molecule has 0 spiro atoms. The van der Waals surface area contributed by atoms with Crippen LogP contribution in [0, 0.1) is 0 Å². The molecular formula is C18H18N6O. The Bertz CT molecular complexity index is 1030. The summed E-state index contributed by atoms with van der Waals surface area (Å²) < 4.78 is 7.35. The Hall–Kier alpha value is -3.22. The average Bonchev–Trinajstić information content (AvgIpc) is 3.28. The summed E-state index contributed by atoms with van der Waals surface area (Å²) in [4.78, 5) is 4.54. The molecule has 0 aliphatic rings. The lowest BCUT2D eigenvalue weighted by Gasteiger charge is -2.05. The first-order valence-corrected chi connectivity index (χ1v) is 8.13. The number of nitrogens with one attached hydrogen (secondary N) is 1. The minimum absolute atomic E-state index is 0.255. The molecule has 25 heavy (non-hydrogen) atoms. The molecule has 0 aliphatic heterocycles. The van der Waals surface area contributed by atoms with E-state index >= 15 is 0 Å². The van der Waals surface area contributed by atoms with Crippen LogP contribution in [0.15, 0.2) is 47.0 Å². The highest BCUT2D eigenvalue weighted by atomic mass is 16.5. The van der Waals surface area contributed by atoms with Crippen molar-refractivity contribution in [2.45, 2.75) is 19.9 Å². The molecule has 2 aromatic carbocycles. The van der Waals surface area contributed by atoms with E-state index in [1.807, 2.05) is 54.2 Å². The summed E-state index contributed by atoms with van der Waals surface area (Å²) in [6, 6.07) is 13.9. The van der Waals surface area contributed by atoms with Crippen LogP contribution in [0.3, 0.4) is 0 Å². The molecule has 0 bridgehead atoms. The number of hydrogen-bond donors (Lipinski definition) is 1. The van der Waals surface area contributed by atoms with Gasteiger partial charge in [0, 0.05) is 24.3 Å². The first-order chi connectivity index (χ1) is 12.2. The molecule has 4 aromatic rings. The van der Waals surface area contributed by atoms with Crippen molar-refractivity contribution in [2.24, 2.45) is 0 Å². The molecule has 0 unspecified atom stereocenters. The molecule has 0 amide bonds. The van der Waals surface area contributed by atoms with Gasteiger partial charge in [0.05, 0.1) is 11.1 Å². The molecule has 2 aromatic heterocycles. The second-order valence-corrected chi connectivity index (χ2v) is 6.05. The van der Waals surface area contributed by atoms with Gasteiger partial charge in [0.15, 0.2) is 0 Å². The van der Waals surface area contributed by atoms with E-state index in [1.54, 1.807) is 0 Å². The maximum absolute atomic E-state index is 5.46. The molecule has 126 valence electrons. The molecule has 0 radical (unpaired) electrons. The van der Waals surface area contributed by atoms with Gasteiger partial charge in [0.1, 0.15) is 5.52 Å². The van der Waals surface area contributed by atoms with Gasteiger partial charge in [0.2, 0.25) is 5.82 Å². The Morgan fingerprint density at radius 3 is 2.76 bits per heavy atom. The lowest BCUT2D eigenvalue weighted by molar-refractivity contribution is 0.432. The van der Waals surface area contributed by atoms with Crippen molar-refractivity contribution in [1.29, 1.82) is 0 Å². The highest BCUT2D eigenvalue weighted by Gasteiger charge is 2.15. The quantitative estimate of drug-likeness (QED) is 0.612. The third kappa shape index (κ3) is 2.63. The van der Waals surface area contributed by atoms with Crippen LogP contribution < -0.4 is 5.32 Å². The molecule has 4 rings (SSSR count). The van der Waals surface area contributed by atoms with Crippen LogP contribution in [0.1, 0.15) is 19.9 Å². The van der Waals surface area contributed by atoms with Crippen molar-refractivity contribution in [3.05, 3.63) is 42.5 Å². The highest BCUT2D eigenvalue weighted by Crippen LogP contribution is 2.29. The Morgan fingerprint density at radius 1 is 1.12 bits per heavy atom. The normalized spacial score (nSPS) is 11.4. The summed E-state index contributed by atoms with van der Waals surface area (Å²) in [5.41, 5.74) is 4.46. The lowest BCUT2D eigenvalue weighted by Crippen LogP contribution is -2.02. The molecule has 0 aliphatic carbocycles. The predicted octanol–water partition coefficient (Wildman–Crippen LogP) is 3.77. The molecule has 0 fully saturated rings. The average molecular weight is 334 g/mol. The molecule has 0 atom stereocenters. The zero-order chi connectivity index (χ0) is 17.4. The fourth-order valence-electron chi connectivity index (χ4n) is 2.80. The molecule has 7 nitrogen and oxygen atoms in total. The van der Waals surface area contributed by atoms with Gasteiger partial charge in [-0.3, -0.25) is 0 Å². The van der Waals surface area contributed by atoms with Crippen LogP contribution in [-0.2, 0) is 0 Å². The molecule has 0 saturated heterocycles. The number of aromatic nitrogens is 5. The second kappa shape index (κ2) is 6.01. The van der Waals surface area contributed by atoms with Crippen LogP contribution in [0.4, 0.5) is 5.69 Å². The summed E-state index contributed by atoms with van der Waals surface area (Å²) in [5.74, 6) is 1.01. The van der Waals surface area contributed by atoms with Crippen molar-refractivity contribution >= 4 is 16.7 Å². The largest absolute Gasteiger partial charge is 0.387 e. The van der Waals surface area contributed by atoms with Gasteiger partial charge < -0.3 is 9.84 Å². The third-order valence-corrected chi connectivity index (χ3v) is 4.07. The number of benzene rings is 2. The zero-order valence-corrected chi connectivity index (χ0v) is 14.3. The minimum atomic E-state index is 0.255. The zero-order valence-electron chi connectivity index (χ0n) is 14.3. The van der Waals surface area contributed by atoms with E-state index in [4.69, 9.17) is 4.52 Å². The molecule has 0 saturated carbocycles. The Morgan fingerprint density at radius 2 is 1.96 bits per heavy atom. The maximum Gasteiger partial charge on any atom is 0.260 e. The van der Waals surface area contributed by atoms with Gasteiger partial charge in [0.25, 0.3) is 5.89 Å². The van der Waals surface area contributed by atoms with Crippen molar-refractivity contribution in [1.82, 2.24) is 25.1 Å². The Labute approximate surface area is 144 Å². The van der Waals surface area contributed by atoms with E-state index in [9.17, 15) is 0 Å². The van der Waals surface area contributed by atoms with Gasteiger partial charge in [-0.2, -0.15) is 4.98 Å². The first-order valence-electron chi connectivity index (χ1n) is 8.13. The lowest BCUT2D eigenvalue weighted by atomic mass is 10.1. The number of hydrogen-bond acceptors (Lipinski definition) is 6. The topological polar surface area (TPSA) is 81.7 Å². The Balaban J connectivity index is 1.74.